The summed E-state index contributed by atoms with van der Waals surface area (Å²) in [6.45, 7) is 0.675. The van der Waals surface area contributed by atoms with Gasteiger partial charge in [-0.25, -0.2) is 0 Å². The molecule has 2 aliphatic rings. The molecular formula is C27H34O14. The number of aromatic hydroxyl groups is 3. The molecule has 0 amide bonds. The van der Waals surface area contributed by atoms with Gasteiger partial charge in [0.25, 0.3) is 0 Å². The van der Waals surface area contributed by atoms with Crippen LogP contribution >= 0.6 is 0 Å². The van der Waals surface area contributed by atoms with Gasteiger partial charge in [-0.05, 0) is 31.0 Å². The van der Waals surface area contributed by atoms with E-state index < -0.39 is 85.3 Å². The third kappa shape index (κ3) is 6.72. The summed E-state index contributed by atoms with van der Waals surface area (Å²) >= 11 is 0. The Kier molecular flexibility index (Phi) is 9.69. The van der Waals surface area contributed by atoms with Crippen molar-refractivity contribution in [3.8, 4) is 23.0 Å². The molecule has 14 nitrogen and oxygen atoms in total. The van der Waals surface area contributed by atoms with Crippen LogP contribution in [0.5, 0.6) is 23.0 Å². The van der Waals surface area contributed by atoms with Gasteiger partial charge in [0, 0.05) is 18.6 Å². The van der Waals surface area contributed by atoms with Gasteiger partial charge in [0.15, 0.2) is 18.2 Å². The summed E-state index contributed by atoms with van der Waals surface area (Å²) in [5.41, 5.74) is 0.385. The lowest BCUT2D eigenvalue weighted by molar-refractivity contribution is -0.354. The van der Waals surface area contributed by atoms with Gasteiger partial charge in [0.1, 0.15) is 65.2 Å². The highest BCUT2D eigenvalue weighted by molar-refractivity contribution is 6.01. The van der Waals surface area contributed by atoms with Gasteiger partial charge >= 0.3 is 0 Å². The van der Waals surface area contributed by atoms with E-state index in [9.17, 15) is 50.8 Å². The first-order valence-electron chi connectivity index (χ1n) is 12.9. The van der Waals surface area contributed by atoms with E-state index in [-0.39, 0.29) is 29.9 Å². The normalized spacial score (nSPS) is 33.8. The fourth-order valence-electron chi connectivity index (χ4n) is 4.70. The molecule has 0 aromatic heterocycles. The highest BCUT2D eigenvalue weighted by atomic mass is 16.8. The summed E-state index contributed by atoms with van der Waals surface area (Å²) < 4.78 is 22.2. The maximum Gasteiger partial charge on any atom is 0.229 e. The second kappa shape index (κ2) is 12.9. The number of phenols is 3. The van der Waals surface area contributed by atoms with E-state index in [1.54, 1.807) is 12.1 Å². The Morgan fingerprint density at radius 1 is 0.829 bits per heavy atom. The highest BCUT2D eigenvalue weighted by Crippen LogP contribution is 2.36. The summed E-state index contributed by atoms with van der Waals surface area (Å²) in [6.07, 6.45) is -15.3. The van der Waals surface area contributed by atoms with Crippen molar-refractivity contribution < 1.29 is 69.7 Å². The number of carbonyl (C=O) groups excluding carboxylic acids is 1. The Morgan fingerprint density at radius 3 is 2.07 bits per heavy atom. The van der Waals surface area contributed by atoms with E-state index in [1.807, 2.05) is 0 Å². The second-order valence-corrected chi connectivity index (χ2v) is 10.0. The molecule has 2 aromatic rings. The molecule has 0 bridgehead atoms. The van der Waals surface area contributed by atoms with E-state index in [0.717, 1.165) is 17.7 Å². The van der Waals surface area contributed by atoms with Gasteiger partial charge in [-0.15, -0.1) is 0 Å². The molecule has 0 unspecified atom stereocenters. The Bertz CT molecular complexity index is 1170. The lowest BCUT2D eigenvalue weighted by atomic mass is 9.97. The summed E-state index contributed by atoms with van der Waals surface area (Å²) in [5.74, 6) is -2.00. The molecule has 10 atom stereocenters. The number of aryl methyl sites for hydroxylation is 1. The molecule has 2 saturated heterocycles. The standard InChI is InChI=1S/C27H34O14/c1-11-20(33)22(35)24(37)26(38-11)41-25-23(36)21(34)18(10-28)40-27(25)39-14-8-16(31)19(17(32)9-14)15(30)7-4-12-2-5-13(29)6-3-12/h2-3,5-6,8-9,11,18,20-29,31-37H,4,7,10H2,1H3/t11-,18+,20+,21-,22-,23-,24-,25+,26-,27-/m0/s1. The predicted octanol–water partition coefficient (Wildman–Crippen LogP) is -1.35. The molecule has 0 radical (unpaired) electrons. The molecule has 2 fully saturated rings. The van der Waals surface area contributed by atoms with Gasteiger partial charge in [-0.3, -0.25) is 4.79 Å². The minimum Gasteiger partial charge on any atom is -0.508 e. The number of carbonyl (C=O) groups is 1. The van der Waals surface area contributed by atoms with Crippen molar-refractivity contribution in [3.05, 3.63) is 47.5 Å². The Labute approximate surface area is 234 Å². The van der Waals surface area contributed by atoms with E-state index in [1.165, 1.54) is 19.1 Å². The molecule has 2 aliphatic heterocycles. The van der Waals surface area contributed by atoms with Crippen LogP contribution < -0.4 is 4.74 Å². The third-order valence-electron chi connectivity index (χ3n) is 7.10. The molecular weight excluding hydrogens is 548 g/mol. The second-order valence-electron chi connectivity index (χ2n) is 10.0. The number of hydrogen-bond donors (Lipinski definition) is 9. The fraction of sp³-hybridized carbons (Fsp3) is 0.519. The molecule has 0 aliphatic carbocycles. The average molecular weight is 583 g/mol. The molecule has 2 aromatic carbocycles. The van der Waals surface area contributed by atoms with Crippen LogP contribution in [0.1, 0.15) is 29.3 Å². The van der Waals surface area contributed by atoms with Crippen molar-refractivity contribution in [2.24, 2.45) is 0 Å². The highest BCUT2D eigenvalue weighted by Gasteiger charge is 2.51. The zero-order valence-corrected chi connectivity index (χ0v) is 21.9. The van der Waals surface area contributed by atoms with Crippen LogP contribution in [0.2, 0.25) is 0 Å². The molecule has 0 saturated carbocycles. The van der Waals surface area contributed by atoms with Gasteiger partial charge in [0.05, 0.1) is 12.7 Å². The lowest BCUT2D eigenvalue weighted by Crippen LogP contribution is -2.64. The molecule has 14 heteroatoms. The van der Waals surface area contributed by atoms with Gasteiger partial charge < -0.3 is 64.9 Å². The van der Waals surface area contributed by atoms with Crippen LogP contribution in [0.25, 0.3) is 0 Å². The molecule has 2 heterocycles. The maximum atomic E-state index is 12.7. The lowest BCUT2D eigenvalue weighted by Gasteiger charge is -2.45. The van der Waals surface area contributed by atoms with Crippen LogP contribution in [0.3, 0.4) is 0 Å². The molecule has 4 rings (SSSR count). The quantitative estimate of drug-likeness (QED) is 0.156. The number of hydrogen-bond acceptors (Lipinski definition) is 14. The van der Waals surface area contributed by atoms with Crippen LogP contribution in [0.15, 0.2) is 36.4 Å². The number of benzene rings is 2. The summed E-state index contributed by atoms with van der Waals surface area (Å²) in [4.78, 5) is 12.7. The average Bonchev–Trinajstić information content (AvgIpc) is 2.93. The molecule has 41 heavy (non-hydrogen) atoms. The van der Waals surface area contributed by atoms with Crippen molar-refractivity contribution in [1.82, 2.24) is 0 Å². The summed E-state index contributed by atoms with van der Waals surface area (Å²) in [5, 5.41) is 91.5. The van der Waals surface area contributed by atoms with Crippen LogP contribution in [0.4, 0.5) is 0 Å². The van der Waals surface area contributed by atoms with E-state index >= 15 is 0 Å². The van der Waals surface area contributed by atoms with Crippen molar-refractivity contribution >= 4 is 5.78 Å². The van der Waals surface area contributed by atoms with Crippen molar-refractivity contribution in [2.45, 2.75) is 81.2 Å². The Morgan fingerprint density at radius 2 is 1.46 bits per heavy atom. The predicted molar refractivity (Wildman–Crippen MR) is 136 cm³/mol. The number of phenolic OH excluding ortho intramolecular Hbond substituents is 3. The Balaban J connectivity index is 1.52. The SMILES string of the molecule is C[C@@H]1O[C@@H](O[C@H]2[C@@H](Oc3cc(O)c(C(=O)CCc4ccc(O)cc4)c(O)c3)O[C@H](CO)[C@H](O)[C@@H]2O)[C@@H](O)[C@@H](O)[C@@H]1O. The zero-order chi connectivity index (χ0) is 30.0. The molecule has 0 spiro atoms. The number of aliphatic hydroxyl groups excluding tert-OH is 6. The third-order valence-corrected chi connectivity index (χ3v) is 7.10. The number of aliphatic hydroxyl groups is 6. The smallest absolute Gasteiger partial charge is 0.229 e. The van der Waals surface area contributed by atoms with Crippen LogP contribution in [0, 0.1) is 0 Å². The molecule has 226 valence electrons. The van der Waals surface area contributed by atoms with E-state index in [0.29, 0.717) is 0 Å². The van der Waals surface area contributed by atoms with Gasteiger partial charge in [-0.1, -0.05) is 12.1 Å². The number of ether oxygens (including phenoxy) is 4. The topological polar surface area (TPSA) is 236 Å². The number of rotatable bonds is 9. The van der Waals surface area contributed by atoms with Gasteiger partial charge in [-0.2, -0.15) is 0 Å². The van der Waals surface area contributed by atoms with Gasteiger partial charge in [0.2, 0.25) is 6.29 Å². The van der Waals surface area contributed by atoms with Crippen molar-refractivity contribution in [1.29, 1.82) is 0 Å². The largest absolute Gasteiger partial charge is 0.508 e. The molecule has 9 N–H and O–H groups in total. The van der Waals surface area contributed by atoms with Crippen LogP contribution in [-0.4, -0.2) is 120 Å². The Hall–Kier alpha value is -3.05. The first-order valence-corrected chi connectivity index (χ1v) is 12.9. The van der Waals surface area contributed by atoms with E-state index in [2.05, 4.69) is 0 Å². The monoisotopic (exact) mass is 582 g/mol. The minimum atomic E-state index is -1.77. The summed E-state index contributed by atoms with van der Waals surface area (Å²) in [7, 11) is 0. The zero-order valence-electron chi connectivity index (χ0n) is 21.9. The maximum absolute atomic E-state index is 12.7. The number of Topliss-reactive ketones (excluding diaryl/α,β-unsaturated/α-hetero) is 1. The first kappa shape index (κ1) is 30.9. The fourth-order valence-corrected chi connectivity index (χ4v) is 4.70. The minimum absolute atomic E-state index is 0.0706. The van der Waals surface area contributed by atoms with Crippen molar-refractivity contribution in [2.75, 3.05) is 6.61 Å². The first-order chi connectivity index (χ1) is 19.4. The van der Waals surface area contributed by atoms with Crippen LogP contribution in [-0.2, 0) is 20.6 Å². The van der Waals surface area contributed by atoms with E-state index in [4.69, 9.17) is 18.9 Å². The summed E-state index contributed by atoms with van der Waals surface area (Å²) in [6, 6.07) is 8.22. The number of ketones is 1. The van der Waals surface area contributed by atoms with Crippen molar-refractivity contribution in [3.63, 3.8) is 0 Å².